The van der Waals surface area contributed by atoms with Gasteiger partial charge in [0.05, 0.1) is 6.54 Å². The van der Waals surface area contributed by atoms with Gasteiger partial charge in [0.1, 0.15) is 4.90 Å². The molecule has 1 aromatic rings. The lowest BCUT2D eigenvalue weighted by Gasteiger charge is -2.35. The van der Waals surface area contributed by atoms with Gasteiger partial charge >= 0.3 is 0 Å². The molecule has 136 valence electrons. The Hall–Kier alpha value is -1.93. The molecule has 25 heavy (non-hydrogen) atoms. The standard InChI is InChI=1S/C17H24N4O3S/c1-12(18)13-6-5-9-21(10-13)16(22)11-20(2)17-14-7-3-4-8-15(14)25(23,24)19-17/h3-4,7-8,12-13H,5-6,9-11,18H2,1-2H3. The number of benzene rings is 1. The van der Waals surface area contributed by atoms with Crippen LogP contribution < -0.4 is 5.73 Å². The minimum absolute atomic E-state index is 0.0303. The van der Waals surface area contributed by atoms with Gasteiger partial charge in [0.2, 0.25) is 5.91 Å². The first-order chi connectivity index (χ1) is 11.8. The predicted molar refractivity (Wildman–Crippen MR) is 95.7 cm³/mol. The number of hydrogen-bond donors (Lipinski definition) is 1. The molecule has 1 saturated heterocycles. The van der Waals surface area contributed by atoms with Crippen molar-refractivity contribution in [3.8, 4) is 0 Å². The third kappa shape index (κ3) is 3.55. The zero-order valence-corrected chi connectivity index (χ0v) is 15.4. The summed E-state index contributed by atoms with van der Waals surface area (Å²) in [5.41, 5.74) is 6.53. The molecule has 2 heterocycles. The van der Waals surface area contributed by atoms with Crippen molar-refractivity contribution >= 4 is 21.8 Å². The Morgan fingerprint density at radius 2 is 2.16 bits per heavy atom. The molecule has 3 rings (SSSR count). The normalized spacial score (nSPS) is 22.9. The van der Waals surface area contributed by atoms with Crippen molar-refractivity contribution in [3.05, 3.63) is 29.8 Å². The summed E-state index contributed by atoms with van der Waals surface area (Å²) in [7, 11) is -1.98. The fourth-order valence-corrected chi connectivity index (χ4v) is 4.66. The van der Waals surface area contributed by atoms with Gasteiger partial charge in [-0.2, -0.15) is 8.42 Å². The smallest absolute Gasteiger partial charge is 0.285 e. The van der Waals surface area contributed by atoms with E-state index in [1.54, 1.807) is 30.1 Å². The van der Waals surface area contributed by atoms with E-state index in [0.717, 1.165) is 19.4 Å². The number of carbonyl (C=O) groups is 1. The number of piperidine rings is 1. The average molecular weight is 364 g/mol. The van der Waals surface area contributed by atoms with Crippen LogP contribution in [0.15, 0.2) is 33.6 Å². The van der Waals surface area contributed by atoms with E-state index >= 15 is 0 Å². The molecule has 0 spiro atoms. The van der Waals surface area contributed by atoms with Crippen molar-refractivity contribution in [2.75, 3.05) is 26.7 Å². The monoisotopic (exact) mass is 364 g/mol. The summed E-state index contributed by atoms with van der Waals surface area (Å²) in [4.78, 5) is 16.3. The first kappa shape index (κ1) is 17.9. The van der Waals surface area contributed by atoms with Crippen molar-refractivity contribution < 1.29 is 13.2 Å². The lowest BCUT2D eigenvalue weighted by molar-refractivity contribution is -0.133. The number of rotatable bonds is 3. The summed E-state index contributed by atoms with van der Waals surface area (Å²) in [5, 5.41) is 0. The fraction of sp³-hybridized carbons (Fsp3) is 0.529. The molecule has 2 N–H and O–H groups in total. The van der Waals surface area contributed by atoms with Gasteiger partial charge in [0, 0.05) is 31.7 Å². The number of likely N-dealkylation sites (tertiary alicyclic amines) is 1. The molecule has 0 radical (unpaired) electrons. The Morgan fingerprint density at radius 3 is 2.88 bits per heavy atom. The van der Waals surface area contributed by atoms with Crippen molar-refractivity contribution in [3.63, 3.8) is 0 Å². The Bertz CT molecular complexity index is 804. The summed E-state index contributed by atoms with van der Waals surface area (Å²) in [6, 6.07) is 6.75. The molecule has 0 saturated carbocycles. The fourth-order valence-electron chi connectivity index (χ4n) is 3.41. The van der Waals surface area contributed by atoms with Crippen LogP contribution >= 0.6 is 0 Å². The molecule has 2 unspecified atom stereocenters. The molecule has 2 atom stereocenters. The van der Waals surface area contributed by atoms with Crippen molar-refractivity contribution in [1.29, 1.82) is 0 Å². The zero-order chi connectivity index (χ0) is 18.2. The molecule has 1 fully saturated rings. The van der Waals surface area contributed by atoms with E-state index in [2.05, 4.69) is 4.40 Å². The lowest BCUT2D eigenvalue weighted by Crippen LogP contribution is -2.48. The maximum atomic E-state index is 12.6. The number of likely N-dealkylation sites (N-methyl/N-ethyl adjacent to an activating group) is 1. The first-order valence-corrected chi connectivity index (χ1v) is 9.92. The highest BCUT2D eigenvalue weighted by Crippen LogP contribution is 2.27. The molecule has 0 aromatic heterocycles. The second-order valence-electron chi connectivity index (χ2n) is 6.84. The lowest BCUT2D eigenvalue weighted by atomic mass is 9.92. The van der Waals surface area contributed by atoms with E-state index < -0.39 is 10.0 Å². The van der Waals surface area contributed by atoms with Crippen LogP contribution in [0.3, 0.4) is 0 Å². The Balaban J connectivity index is 1.73. The van der Waals surface area contributed by atoms with E-state index in [1.807, 2.05) is 11.8 Å². The van der Waals surface area contributed by atoms with E-state index in [9.17, 15) is 13.2 Å². The van der Waals surface area contributed by atoms with Crippen LogP contribution in [0.5, 0.6) is 0 Å². The number of nitrogens with two attached hydrogens (primary N) is 1. The van der Waals surface area contributed by atoms with Crippen LogP contribution in [-0.4, -0.2) is 62.7 Å². The van der Waals surface area contributed by atoms with Crippen LogP contribution in [0.1, 0.15) is 25.3 Å². The molecule has 1 amide bonds. The quantitative estimate of drug-likeness (QED) is 0.850. The second-order valence-corrected chi connectivity index (χ2v) is 8.42. The van der Waals surface area contributed by atoms with Gasteiger partial charge in [-0.15, -0.1) is 4.40 Å². The maximum Gasteiger partial charge on any atom is 0.285 e. The van der Waals surface area contributed by atoms with Crippen LogP contribution in [0, 0.1) is 5.92 Å². The van der Waals surface area contributed by atoms with Gasteiger partial charge in [-0.1, -0.05) is 12.1 Å². The van der Waals surface area contributed by atoms with E-state index in [1.165, 1.54) is 6.07 Å². The highest BCUT2D eigenvalue weighted by molar-refractivity contribution is 7.90. The third-order valence-corrected chi connectivity index (χ3v) is 6.23. The summed E-state index contributed by atoms with van der Waals surface area (Å²) in [6.45, 7) is 3.44. The van der Waals surface area contributed by atoms with Crippen LogP contribution in [0.2, 0.25) is 0 Å². The molecule has 2 aliphatic rings. The molecule has 7 nitrogen and oxygen atoms in total. The number of carbonyl (C=O) groups excluding carboxylic acids is 1. The van der Waals surface area contributed by atoms with E-state index in [0.29, 0.717) is 23.9 Å². The zero-order valence-electron chi connectivity index (χ0n) is 14.6. The summed E-state index contributed by atoms with van der Waals surface area (Å²) >= 11 is 0. The predicted octanol–water partition coefficient (Wildman–Crippen LogP) is 0.653. The second kappa shape index (κ2) is 6.76. The van der Waals surface area contributed by atoms with Crippen LogP contribution in [0.25, 0.3) is 0 Å². The SMILES string of the molecule is CC(N)C1CCCN(C(=O)CN(C)C2=NS(=O)(=O)c3ccccc32)C1. The molecular formula is C17H24N4O3S. The number of hydrogen-bond acceptors (Lipinski definition) is 5. The minimum atomic E-state index is -3.68. The van der Waals surface area contributed by atoms with Gasteiger partial charge in [-0.25, -0.2) is 0 Å². The van der Waals surface area contributed by atoms with Crippen LogP contribution in [-0.2, 0) is 14.8 Å². The molecular weight excluding hydrogens is 340 g/mol. The highest BCUT2D eigenvalue weighted by Gasteiger charge is 2.32. The van der Waals surface area contributed by atoms with Crippen molar-refractivity contribution in [2.24, 2.45) is 16.0 Å². The Kier molecular flexibility index (Phi) is 4.83. The van der Waals surface area contributed by atoms with Crippen molar-refractivity contribution in [1.82, 2.24) is 9.80 Å². The van der Waals surface area contributed by atoms with Gasteiger partial charge in [0.15, 0.2) is 5.84 Å². The molecule has 0 bridgehead atoms. The molecule has 1 aromatic carbocycles. The number of amidine groups is 1. The van der Waals surface area contributed by atoms with Gasteiger partial charge in [0.25, 0.3) is 10.0 Å². The summed E-state index contributed by atoms with van der Waals surface area (Å²) in [5.74, 6) is 0.606. The molecule has 2 aliphatic heterocycles. The average Bonchev–Trinajstić information content (AvgIpc) is 2.87. The summed E-state index contributed by atoms with van der Waals surface area (Å²) in [6.07, 6.45) is 1.98. The molecule has 0 aliphatic carbocycles. The van der Waals surface area contributed by atoms with Gasteiger partial charge in [-0.3, -0.25) is 4.79 Å². The number of amides is 1. The highest BCUT2D eigenvalue weighted by atomic mass is 32.2. The first-order valence-electron chi connectivity index (χ1n) is 8.48. The number of sulfonamides is 1. The third-order valence-electron chi connectivity index (χ3n) is 4.90. The van der Waals surface area contributed by atoms with Crippen LogP contribution in [0.4, 0.5) is 0 Å². The van der Waals surface area contributed by atoms with Gasteiger partial charge in [-0.05, 0) is 37.8 Å². The van der Waals surface area contributed by atoms with Gasteiger partial charge < -0.3 is 15.5 Å². The largest absolute Gasteiger partial charge is 0.349 e. The Labute approximate surface area is 148 Å². The Morgan fingerprint density at radius 1 is 1.44 bits per heavy atom. The maximum absolute atomic E-state index is 12.6. The van der Waals surface area contributed by atoms with E-state index in [-0.39, 0.29) is 23.4 Å². The van der Waals surface area contributed by atoms with Crippen molar-refractivity contribution in [2.45, 2.75) is 30.7 Å². The van der Waals surface area contributed by atoms with E-state index in [4.69, 9.17) is 5.73 Å². The number of fused-ring (bicyclic) bond motifs is 1. The minimum Gasteiger partial charge on any atom is -0.349 e. The summed E-state index contributed by atoms with van der Waals surface area (Å²) < 4.78 is 28.2. The topological polar surface area (TPSA) is 96.1 Å². The number of nitrogens with zero attached hydrogens (tertiary/aromatic N) is 3. The molecule has 8 heteroatoms.